The molecule has 0 bridgehead atoms. The van der Waals surface area contributed by atoms with E-state index in [9.17, 15) is 0 Å². The van der Waals surface area contributed by atoms with Crippen molar-refractivity contribution in [2.24, 2.45) is 0 Å². The van der Waals surface area contributed by atoms with Crippen LogP contribution in [-0.2, 0) is 5.54 Å². The first-order valence-corrected chi connectivity index (χ1v) is 8.39. The number of anilines is 1. The molecule has 0 radical (unpaired) electrons. The molecule has 1 atom stereocenters. The second kappa shape index (κ2) is 6.15. The highest BCUT2D eigenvalue weighted by atomic mass is 31.1. The molecule has 0 saturated heterocycles. The van der Waals surface area contributed by atoms with Crippen LogP contribution in [0.1, 0.15) is 19.4 Å². The fourth-order valence-electron chi connectivity index (χ4n) is 2.12. The standard InChI is InChI=1S/C16H22N3P/c1-16(2,13-7-9-14(18-3)10-8-13)19-15(17)20-11-5-4-6-12-20/h4-12,18,20H,1-3H3,(H2,17,19). The van der Waals surface area contributed by atoms with Crippen molar-refractivity contribution in [3.05, 3.63) is 53.9 Å². The minimum Gasteiger partial charge on any atom is -0.388 e. The number of amidine groups is 1. The summed E-state index contributed by atoms with van der Waals surface area (Å²) in [6.07, 6.45) is 6.06. The highest BCUT2D eigenvalue weighted by Crippen LogP contribution is 2.30. The highest BCUT2D eigenvalue weighted by molar-refractivity contribution is 7.77. The second-order valence-corrected chi connectivity index (χ2v) is 7.40. The van der Waals surface area contributed by atoms with Crippen molar-refractivity contribution in [2.75, 3.05) is 12.4 Å². The van der Waals surface area contributed by atoms with Crippen LogP contribution >= 0.6 is 7.55 Å². The lowest BCUT2D eigenvalue weighted by molar-refractivity contribution is 0.489. The van der Waals surface area contributed by atoms with Crippen molar-refractivity contribution in [1.29, 1.82) is 5.41 Å². The van der Waals surface area contributed by atoms with E-state index in [0.29, 0.717) is 5.58 Å². The Kier molecular flexibility index (Phi) is 4.51. The molecule has 3 nitrogen and oxygen atoms in total. The molecule has 1 aliphatic rings. The van der Waals surface area contributed by atoms with Crippen LogP contribution < -0.4 is 10.6 Å². The molecule has 2 rings (SSSR count). The maximum absolute atomic E-state index is 8.27. The van der Waals surface area contributed by atoms with Gasteiger partial charge in [0, 0.05) is 12.7 Å². The summed E-state index contributed by atoms with van der Waals surface area (Å²) in [6.45, 7) is 4.22. The van der Waals surface area contributed by atoms with Gasteiger partial charge >= 0.3 is 0 Å². The van der Waals surface area contributed by atoms with Gasteiger partial charge in [-0.25, -0.2) is 0 Å². The normalized spacial score (nSPS) is 17.4. The zero-order valence-corrected chi connectivity index (χ0v) is 13.2. The van der Waals surface area contributed by atoms with Crippen LogP contribution in [0.5, 0.6) is 0 Å². The average molecular weight is 287 g/mol. The maximum Gasteiger partial charge on any atom is 0.117 e. The van der Waals surface area contributed by atoms with Crippen molar-refractivity contribution >= 4 is 24.6 Å². The Bertz CT molecular complexity index is 580. The van der Waals surface area contributed by atoms with Crippen LogP contribution in [-0.4, -0.2) is 18.4 Å². The Balaban J connectivity index is 2.13. The predicted octanol–water partition coefficient (Wildman–Crippen LogP) is 3.59. The van der Waals surface area contributed by atoms with Crippen molar-refractivity contribution in [1.82, 2.24) is 5.32 Å². The van der Waals surface area contributed by atoms with E-state index in [1.54, 1.807) is 0 Å². The molecule has 0 saturated carbocycles. The third kappa shape index (κ3) is 3.43. The zero-order valence-electron chi connectivity index (χ0n) is 12.2. The summed E-state index contributed by atoms with van der Waals surface area (Å²) >= 11 is 0. The summed E-state index contributed by atoms with van der Waals surface area (Å²) in [4.78, 5) is 0. The third-order valence-electron chi connectivity index (χ3n) is 3.40. The van der Waals surface area contributed by atoms with Crippen LogP contribution in [0.2, 0.25) is 0 Å². The van der Waals surface area contributed by atoms with Crippen molar-refractivity contribution in [3.8, 4) is 0 Å². The number of benzene rings is 1. The number of hydrogen-bond acceptors (Lipinski definition) is 2. The summed E-state index contributed by atoms with van der Waals surface area (Å²) in [5.74, 6) is 4.25. The lowest BCUT2D eigenvalue weighted by Gasteiger charge is -2.29. The van der Waals surface area contributed by atoms with Gasteiger partial charge in [-0.1, -0.05) is 42.0 Å². The topological polar surface area (TPSA) is 47.9 Å². The Morgan fingerprint density at radius 3 is 2.35 bits per heavy atom. The summed E-state index contributed by atoms with van der Waals surface area (Å²) in [5.41, 5.74) is 2.65. The number of hydrogen-bond donors (Lipinski definition) is 3. The van der Waals surface area contributed by atoms with Gasteiger partial charge in [0.1, 0.15) is 5.58 Å². The third-order valence-corrected chi connectivity index (χ3v) is 5.20. The molecule has 20 heavy (non-hydrogen) atoms. The van der Waals surface area contributed by atoms with Gasteiger partial charge < -0.3 is 10.6 Å². The highest BCUT2D eigenvalue weighted by Gasteiger charge is 2.21. The fourth-order valence-corrected chi connectivity index (χ4v) is 3.65. The largest absolute Gasteiger partial charge is 0.388 e. The van der Waals surface area contributed by atoms with E-state index in [2.05, 4.69) is 60.4 Å². The van der Waals surface area contributed by atoms with E-state index < -0.39 is 7.55 Å². The van der Waals surface area contributed by atoms with Crippen molar-refractivity contribution in [2.45, 2.75) is 19.4 Å². The van der Waals surface area contributed by atoms with Gasteiger partial charge in [-0.3, -0.25) is 5.41 Å². The lowest BCUT2D eigenvalue weighted by Crippen LogP contribution is -2.39. The van der Waals surface area contributed by atoms with E-state index in [-0.39, 0.29) is 5.54 Å². The summed E-state index contributed by atoms with van der Waals surface area (Å²) < 4.78 is 0. The van der Waals surface area contributed by atoms with Gasteiger partial charge in [-0.15, -0.1) is 0 Å². The molecule has 1 unspecified atom stereocenters. The molecular weight excluding hydrogens is 265 g/mol. The molecule has 0 amide bonds. The predicted molar refractivity (Wildman–Crippen MR) is 92.5 cm³/mol. The molecule has 4 heteroatoms. The smallest absolute Gasteiger partial charge is 0.117 e. The van der Waals surface area contributed by atoms with E-state index >= 15 is 0 Å². The quantitative estimate of drug-likeness (QED) is 0.450. The first kappa shape index (κ1) is 14.7. The molecule has 3 N–H and O–H groups in total. The molecule has 0 fully saturated rings. The number of rotatable bonds is 4. The van der Waals surface area contributed by atoms with Gasteiger partial charge in [0.15, 0.2) is 0 Å². The van der Waals surface area contributed by atoms with Gasteiger partial charge in [0.05, 0.1) is 5.54 Å². The van der Waals surface area contributed by atoms with Crippen LogP contribution in [0, 0.1) is 5.41 Å². The first-order chi connectivity index (χ1) is 9.53. The molecule has 1 heterocycles. The lowest BCUT2D eigenvalue weighted by atomic mass is 9.94. The minimum atomic E-state index is -1.01. The molecule has 106 valence electrons. The van der Waals surface area contributed by atoms with E-state index in [1.165, 1.54) is 5.56 Å². The average Bonchev–Trinajstić information content (AvgIpc) is 2.48. The van der Waals surface area contributed by atoms with E-state index in [0.717, 1.165) is 5.69 Å². The van der Waals surface area contributed by atoms with Gasteiger partial charge in [-0.2, -0.15) is 0 Å². The van der Waals surface area contributed by atoms with Crippen LogP contribution in [0.4, 0.5) is 5.69 Å². The SMILES string of the molecule is CNc1ccc(C(C)(C)NC(=N)[PH]2=CC=CC=C2)cc1. The first-order valence-electron chi connectivity index (χ1n) is 6.73. The Hall–Kier alpha value is -1.73. The maximum atomic E-state index is 8.27. The second-order valence-electron chi connectivity index (χ2n) is 5.32. The van der Waals surface area contributed by atoms with Crippen molar-refractivity contribution < 1.29 is 0 Å². The van der Waals surface area contributed by atoms with Gasteiger partial charge in [-0.05, 0) is 39.1 Å². The Labute approximate surface area is 121 Å². The van der Waals surface area contributed by atoms with Gasteiger partial charge in [0.25, 0.3) is 0 Å². The number of nitrogens with one attached hydrogen (secondary N) is 3. The molecule has 1 aromatic carbocycles. The zero-order chi connectivity index (χ0) is 14.6. The minimum absolute atomic E-state index is 0.246. The fraction of sp³-hybridized carbons (Fsp3) is 0.250. The van der Waals surface area contributed by atoms with E-state index in [4.69, 9.17) is 5.41 Å². The van der Waals surface area contributed by atoms with Crippen LogP contribution in [0.3, 0.4) is 0 Å². The molecule has 0 spiro atoms. The van der Waals surface area contributed by atoms with Crippen LogP contribution in [0.25, 0.3) is 0 Å². The molecular formula is C16H22N3P. The molecule has 1 aromatic rings. The van der Waals surface area contributed by atoms with Gasteiger partial charge in [0.2, 0.25) is 0 Å². The summed E-state index contributed by atoms with van der Waals surface area (Å²) in [7, 11) is 0.903. The molecule has 0 aromatic heterocycles. The number of allylic oxidation sites excluding steroid dienone is 3. The van der Waals surface area contributed by atoms with Crippen LogP contribution in [0.15, 0.2) is 48.3 Å². The summed E-state index contributed by atoms with van der Waals surface area (Å²) in [5, 5.41) is 14.8. The Morgan fingerprint density at radius 1 is 1.10 bits per heavy atom. The molecule has 1 aliphatic heterocycles. The monoisotopic (exact) mass is 287 g/mol. The Morgan fingerprint density at radius 2 is 1.80 bits per heavy atom. The van der Waals surface area contributed by atoms with E-state index in [1.807, 2.05) is 25.3 Å². The van der Waals surface area contributed by atoms with Crippen molar-refractivity contribution in [3.63, 3.8) is 0 Å². The summed E-state index contributed by atoms with van der Waals surface area (Å²) in [6, 6.07) is 8.33. The molecule has 0 aliphatic carbocycles.